The smallest absolute Gasteiger partial charge is 0.421 e. The van der Waals surface area contributed by atoms with Crippen LogP contribution in [-0.4, -0.2) is 36.5 Å². The number of anilines is 2. The normalized spacial score (nSPS) is 20.6. The van der Waals surface area contributed by atoms with E-state index in [-0.39, 0.29) is 12.8 Å². The Balaban J connectivity index is 1.66. The minimum absolute atomic E-state index is 0.0873. The van der Waals surface area contributed by atoms with E-state index in [4.69, 9.17) is 9.47 Å². The van der Waals surface area contributed by atoms with E-state index >= 15 is 0 Å². The van der Waals surface area contributed by atoms with Crippen molar-refractivity contribution >= 4 is 51.1 Å². The molecule has 2 atom stereocenters. The lowest BCUT2D eigenvalue weighted by molar-refractivity contribution is -0.131. The molecule has 0 spiro atoms. The van der Waals surface area contributed by atoms with Gasteiger partial charge in [-0.3, -0.25) is 19.3 Å². The second-order valence-corrected chi connectivity index (χ2v) is 11.9. The second-order valence-electron chi connectivity index (χ2n) is 10.9. The average Bonchev–Trinajstić information content (AvgIpc) is 3.34. The Morgan fingerprint density at radius 1 is 0.975 bits per heavy atom. The number of para-hydroxylation sites is 1. The number of amides is 4. The highest BCUT2D eigenvalue weighted by Gasteiger charge is 2.63. The minimum atomic E-state index is -1.53. The molecule has 0 aliphatic carbocycles. The molecule has 4 amide bonds. The monoisotopic (exact) mass is 604 g/mol. The van der Waals surface area contributed by atoms with Gasteiger partial charge in [-0.15, -0.1) is 0 Å². The number of hydrogen-bond donors (Lipinski definition) is 0. The van der Waals surface area contributed by atoms with Crippen LogP contribution in [0.3, 0.4) is 0 Å². The number of rotatable bonds is 5. The van der Waals surface area contributed by atoms with Gasteiger partial charge in [0.15, 0.2) is 0 Å². The van der Waals surface area contributed by atoms with E-state index < -0.39 is 40.7 Å². The topological polar surface area (TPSA) is 93.2 Å². The largest absolute Gasteiger partial charge is 0.497 e. The van der Waals surface area contributed by atoms with Crippen molar-refractivity contribution in [3.8, 4) is 5.75 Å². The number of methoxy groups -OCH3 is 1. The molecule has 40 heavy (non-hydrogen) atoms. The summed E-state index contributed by atoms with van der Waals surface area (Å²) in [5, 5.41) is 0. The van der Waals surface area contributed by atoms with Crippen molar-refractivity contribution in [3.63, 3.8) is 0 Å². The van der Waals surface area contributed by atoms with Gasteiger partial charge in [0, 0.05) is 10.9 Å². The lowest BCUT2D eigenvalue weighted by atomic mass is 9.66. The zero-order valence-electron chi connectivity index (χ0n) is 22.6. The molecule has 2 heterocycles. The van der Waals surface area contributed by atoms with Crippen LogP contribution in [0.2, 0.25) is 0 Å². The number of ether oxygens (including phenoxy) is 2. The van der Waals surface area contributed by atoms with E-state index in [0.717, 1.165) is 19.8 Å². The van der Waals surface area contributed by atoms with Gasteiger partial charge in [0.25, 0.3) is 0 Å². The van der Waals surface area contributed by atoms with Gasteiger partial charge in [0.1, 0.15) is 11.4 Å². The zero-order valence-corrected chi connectivity index (χ0v) is 24.2. The first kappa shape index (κ1) is 27.6. The molecule has 3 aromatic carbocycles. The van der Waals surface area contributed by atoms with Crippen molar-refractivity contribution in [2.75, 3.05) is 16.9 Å². The summed E-state index contributed by atoms with van der Waals surface area (Å²) in [6.07, 6.45) is -0.930. The molecule has 0 unspecified atom stereocenters. The van der Waals surface area contributed by atoms with Crippen LogP contribution < -0.4 is 14.5 Å². The summed E-state index contributed by atoms with van der Waals surface area (Å²) in [7, 11) is 1.56. The van der Waals surface area contributed by atoms with Crippen molar-refractivity contribution in [3.05, 3.63) is 88.4 Å². The summed E-state index contributed by atoms with van der Waals surface area (Å²) in [5.74, 6) is -1.91. The predicted octanol–water partition coefficient (Wildman–Crippen LogP) is 5.80. The number of fused-ring (bicyclic) bond motifs is 1. The fourth-order valence-corrected chi connectivity index (χ4v) is 5.80. The molecular formula is C31H29BrN2O6. The molecule has 1 fully saturated rings. The maximum Gasteiger partial charge on any atom is 0.421 e. The first-order valence-corrected chi connectivity index (χ1v) is 13.7. The highest BCUT2D eigenvalue weighted by Crippen LogP contribution is 2.52. The van der Waals surface area contributed by atoms with Crippen molar-refractivity contribution < 1.29 is 28.7 Å². The molecule has 1 saturated heterocycles. The molecule has 2 aliphatic heterocycles. The molecule has 9 heteroatoms. The van der Waals surface area contributed by atoms with Crippen molar-refractivity contribution in [2.24, 2.45) is 5.92 Å². The molecule has 0 aromatic heterocycles. The quantitative estimate of drug-likeness (QED) is 0.342. The molecule has 0 radical (unpaired) electrons. The number of carbonyl (C=O) groups is 4. The number of nitrogens with zero attached hydrogens (tertiary/aromatic N) is 2. The third-order valence-electron chi connectivity index (χ3n) is 7.25. The standard InChI is InChI=1S/C31H29BrN2O6/c1-30(2,3)40-29(38)34-25-8-6-5-7-23(25)31(28(34)37,18-19-9-15-22(39-4)16-10-19)24-17-26(35)33(27(24)36)21-13-11-20(32)12-14-21/h5-16,24H,17-18H2,1-4H3/t24-,31-/m1/s1. The number of hydrogen-bond acceptors (Lipinski definition) is 6. The van der Waals surface area contributed by atoms with Gasteiger partial charge in [0.05, 0.1) is 29.8 Å². The van der Waals surface area contributed by atoms with Gasteiger partial charge in [0.2, 0.25) is 17.7 Å². The molecule has 0 saturated carbocycles. The summed E-state index contributed by atoms with van der Waals surface area (Å²) in [4.78, 5) is 57.7. The maximum atomic E-state index is 14.6. The van der Waals surface area contributed by atoms with Crippen LogP contribution >= 0.6 is 15.9 Å². The van der Waals surface area contributed by atoms with Gasteiger partial charge < -0.3 is 9.47 Å². The Labute approximate surface area is 241 Å². The number of benzene rings is 3. The maximum absolute atomic E-state index is 14.6. The van der Waals surface area contributed by atoms with Crippen LogP contribution in [0, 0.1) is 5.92 Å². The highest BCUT2D eigenvalue weighted by atomic mass is 79.9. The fraction of sp³-hybridized carbons (Fsp3) is 0.290. The molecule has 0 bridgehead atoms. The molecule has 5 rings (SSSR count). The molecule has 206 valence electrons. The van der Waals surface area contributed by atoms with Gasteiger partial charge in [-0.2, -0.15) is 0 Å². The molecule has 2 aliphatic rings. The lowest BCUT2D eigenvalue weighted by Crippen LogP contribution is -2.52. The van der Waals surface area contributed by atoms with Crippen LogP contribution in [0.25, 0.3) is 0 Å². The Morgan fingerprint density at radius 3 is 2.25 bits per heavy atom. The average molecular weight is 605 g/mol. The molecule has 3 aromatic rings. The number of carbonyl (C=O) groups excluding carboxylic acids is 4. The van der Waals surface area contributed by atoms with Crippen LogP contribution in [0.1, 0.15) is 38.3 Å². The van der Waals surface area contributed by atoms with Crippen LogP contribution in [0.15, 0.2) is 77.3 Å². The van der Waals surface area contributed by atoms with Crippen molar-refractivity contribution in [1.29, 1.82) is 0 Å². The Kier molecular flexibility index (Phi) is 7.04. The molecule has 8 nitrogen and oxygen atoms in total. The Hall–Kier alpha value is -3.98. The van der Waals surface area contributed by atoms with Crippen LogP contribution in [0.5, 0.6) is 5.75 Å². The van der Waals surface area contributed by atoms with Crippen molar-refractivity contribution in [1.82, 2.24) is 0 Å². The highest BCUT2D eigenvalue weighted by molar-refractivity contribution is 9.10. The van der Waals surface area contributed by atoms with Gasteiger partial charge in [-0.05, 0) is 80.8 Å². The molecule has 0 N–H and O–H groups in total. The third-order valence-corrected chi connectivity index (χ3v) is 7.78. The summed E-state index contributed by atoms with van der Waals surface area (Å²) in [6.45, 7) is 5.16. The van der Waals surface area contributed by atoms with Gasteiger partial charge in [-0.25, -0.2) is 9.69 Å². The Morgan fingerprint density at radius 2 is 1.62 bits per heavy atom. The van der Waals surface area contributed by atoms with Crippen LogP contribution in [-0.2, 0) is 31.0 Å². The number of halogens is 1. The Bertz CT molecular complexity index is 1500. The van der Waals surface area contributed by atoms with Gasteiger partial charge in [-0.1, -0.05) is 46.3 Å². The van der Waals surface area contributed by atoms with E-state index in [1.165, 1.54) is 0 Å². The summed E-state index contributed by atoms with van der Waals surface area (Å²) >= 11 is 3.38. The lowest BCUT2D eigenvalue weighted by Gasteiger charge is -2.33. The van der Waals surface area contributed by atoms with Crippen molar-refractivity contribution in [2.45, 2.75) is 44.6 Å². The first-order valence-electron chi connectivity index (χ1n) is 12.9. The number of imide groups is 2. The zero-order chi connectivity index (χ0) is 28.8. The van der Waals surface area contributed by atoms with E-state index in [1.807, 2.05) is 12.1 Å². The third kappa shape index (κ3) is 4.68. The SMILES string of the molecule is COc1ccc(C[C@@]2([C@@H]3CC(=O)N(c4ccc(Br)cc4)C3=O)C(=O)N(C(=O)OC(C)(C)C)c3ccccc32)cc1. The summed E-state index contributed by atoms with van der Waals surface area (Å²) in [5.41, 5.74) is -0.368. The van der Waals surface area contributed by atoms with E-state index in [9.17, 15) is 19.2 Å². The summed E-state index contributed by atoms with van der Waals surface area (Å²) in [6, 6.07) is 20.9. The first-order chi connectivity index (χ1) is 19.0. The van der Waals surface area contributed by atoms with Gasteiger partial charge >= 0.3 is 6.09 Å². The fourth-order valence-electron chi connectivity index (χ4n) is 5.53. The molecular weight excluding hydrogens is 576 g/mol. The van der Waals surface area contributed by atoms with E-state index in [2.05, 4.69) is 15.9 Å². The predicted molar refractivity (Wildman–Crippen MR) is 153 cm³/mol. The van der Waals surface area contributed by atoms with Crippen LogP contribution in [0.4, 0.5) is 16.2 Å². The van der Waals surface area contributed by atoms with E-state index in [1.54, 1.807) is 88.5 Å². The summed E-state index contributed by atoms with van der Waals surface area (Å²) < 4.78 is 11.7. The van der Waals surface area contributed by atoms with E-state index in [0.29, 0.717) is 22.7 Å². The second kappa shape index (κ2) is 10.2. The minimum Gasteiger partial charge on any atom is -0.497 e.